The second-order valence-corrected chi connectivity index (χ2v) is 8.64. The van der Waals surface area contributed by atoms with Gasteiger partial charge in [-0.1, -0.05) is 24.3 Å². The van der Waals surface area contributed by atoms with Gasteiger partial charge >= 0.3 is 17.2 Å². The van der Waals surface area contributed by atoms with Crippen LogP contribution in [0, 0.1) is 0 Å². The number of para-hydroxylation sites is 4. The SMILES string of the molecule is c1ccc2c(c1)OP(OC1COC3C(OP4Oc5ccccc5O4)COC13)O2. The Hall–Kier alpha value is -1.66. The molecule has 0 amide bonds. The number of benzene rings is 2. The molecule has 0 aliphatic carbocycles. The summed E-state index contributed by atoms with van der Waals surface area (Å²) in [6.45, 7) is 0.772. The van der Waals surface area contributed by atoms with Crippen molar-refractivity contribution >= 4 is 17.2 Å². The Balaban J connectivity index is 1.06. The van der Waals surface area contributed by atoms with Crippen molar-refractivity contribution in [2.45, 2.75) is 24.4 Å². The van der Waals surface area contributed by atoms with Crippen molar-refractivity contribution in [2.24, 2.45) is 0 Å². The lowest BCUT2D eigenvalue weighted by atomic mass is 10.1. The summed E-state index contributed by atoms with van der Waals surface area (Å²) < 4.78 is 46.7. The van der Waals surface area contributed by atoms with E-state index in [1.807, 2.05) is 48.5 Å². The van der Waals surface area contributed by atoms with Crippen molar-refractivity contribution in [3.8, 4) is 23.0 Å². The summed E-state index contributed by atoms with van der Waals surface area (Å²) in [5, 5.41) is 0. The number of ether oxygens (including phenoxy) is 2. The van der Waals surface area contributed by atoms with Gasteiger partial charge in [0.2, 0.25) is 0 Å². The number of hydrogen-bond donors (Lipinski definition) is 0. The Labute approximate surface area is 163 Å². The molecule has 0 radical (unpaired) electrons. The molecule has 10 heteroatoms. The topological polar surface area (TPSA) is 73.8 Å². The molecule has 4 aliphatic rings. The fourth-order valence-corrected chi connectivity index (χ4v) is 5.77. The molecule has 4 heterocycles. The molecule has 6 rings (SSSR count). The molecule has 146 valence electrons. The van der Waals surface area contributed by atoms with Crippen molar-refractivity contribution in [3.63, 3.8) is 0 Å². The van der Waals surface area contributed by atoms with Crippen molar-refractivity contribution in [1.29, 1.82) is 0 Å². The van der Waals surface area contributed by atoms with Crippen molar-refractivity contribution in [1.82, 2.24) is 0 Å². The predicted molar refractivity (Wildman–Crippen MR) is 98.5 cm³/mol. The maximum absolute atomic E-state index is 6.00. The van der Waals surface area contributed by atoms with Gasteiger partial charge in [-0.05, 0) is 24.3 Å². The van der Waals surface area contributed by atoms with E-state index in [0.29, 0.717) is 36.2 Å². The van der Waals surface area contributed by atoms with Gasteiger partial charge in [0.05, 0.1) is 13.2 Å². The third kappa shape index (κ3) is 3.01. The van der Waals surface area contributed by atoms with E-state index in [0.717, 1.165) is 0 Å². The van der Waals surface area contributed by atoms with Crippen molar-refractivity contribution in [2.75, 3.05) is 13.2 Å². The summed E-state index contributed by atoms with van der Waals surface area (Å²) in [5.41, 5.74) is 0. The molecular formula is C18H16O8P2. The van der Waals surface area contributed by atoms with Gasteiger partial charge in [0.15, 0.2) is 23.0 Å². The average molecular weight is 422 g/mol. The van der Waals surface area contributed by atoms with Crippen LogP contribution < -0.4 is 18.1 Å². The average Bonchev–Trinajstić information content (AvgIpc) is 3.46. The third-order valence-corrected chi connectivity index (χ3v) is 7.06. The molecule has 0 spiro atoms. The first-order valence-electron chi connectivity index (χ1n) is 8.90. The van der Waals surface area contributed by atoms with Crippen LogP contribution in [0.5, 0.6) is 23.0 Å². The molecule has 2 saturated heterocycles. The minimum absolute atomic E-state index is 0.247. The van der Waals surface area contributed by atoms with Crippen LogP contribution in [0.2, 0.25) is 0 Å². The highest BCUT2D eigenvalue weighted by molar-refractivity contribution is 7.43. The van der Waals surface area contributed by atoms with E-state index in [4.69, 9.17) is 36.6 Å². The highest BCUT2D eigenvalue weighted by Crippen LogP contribution is 2.56. The Morgan fingerprint density at radius 3 is 1.32 bits per heavy atom. The number of fused-ring (bicyclic) bond motifs is 3. The van der Waals surface area contributed by atoms with Gasteiger partial charge < -0.3 is 27.6 Å². The van der Waals surface area contributed by atoms with E-state index < -0.39 is 17.2 Å². The zero-order valence-electron chi connectivity index (χ0n) is 14.5. The maximum Gasteiger partial charge on any atom is 0.463 e. The van der Waals surface area contributed by atoms with Crippen LogP contribution in [-0.2, 0) is 18.5 Å². The van der Waals surface area contributed by atoms with Gasteiger partial charge in [-0.25, -0.2) is 0 Å². The fraction of sp³-hybridized carbons (Fsp3) is 0.333. The highest BCUT2D eigenvalue weighted by atomic mass is 31.2. The lowest BCUT2D eigenvalue weighted by Crippen LogP contribution is -2.33. The first kappa shape index (κ1) is 17.2. The molecule has 0 aromatic heterocycles. The number of hydrogen-bond acceptors (Lipinski definition) is 8. The molecule has 2 fully saturated rings. The lowest BCUT2D eigenvalue weighted by molar-refractivity contribution is 0.0152. The number of rotatable bonds is 4. The summed E-state index contributed by atoms with van der Waals surface area (Å²) in [6, 6.07) is 15.0. The molecule has 8 nitrogen and oxygen atoms in total. The maximum atomic E-state index is 6.00. The molecule has 0 saturated carbocycles. The minimum atomic E-state index is -1.51. The monoisotopic (exact) mass is 422 g/mol. The zero-order valence-corrected chi connectivity index (χ0v) is 16.3. The highest BCUT2D eigenvalue weighted by Gasteiger charge is 2.52. The van der Waals surface area contributed by atoms with E-state index in [1.165, 1.54) is 0 Å². The smallest absolute Gasteiger partial charge is 0.414 e. The quantitative estimate of drug-likeness (QED) is 0.686. The van der Waals surface area contributed by atoms with E-state index >= 15 is 0 Å². The van der Waals surface area contributed by atoms with Crippen LogP contribution >= 0.6 is 17.2 Å². The van der Waals surface area contributed by atoms with E-state index in [9.17, 15) is 0 Å². The molecule has 2 aromatic rings. The van der Waals surface area contributed by atoms with Crippen LogP contribution in [0.1, 0.15) is 0 Å². The van der Waals surface area contributed by atoms with Gasteiger partial charge in [0.1, 0.15) is 24.4 Å². The summed E-state index contributed by atoms with van der Waals surface area (Å²) in [4.78, 5) is 0. The Morgan fingerprint density at radius 1 is 0.607 bits per heavy atom. The van der Waals surface area contributed by atoms with E-state index in [-0.39, 0.29) is 24.4 Å². The van der Waals surface area contributed by atoms with Crippen LogP contribution in [0.15, 0.2) is 48.5 Å². The van der Waals surface area contributed by atoms with E-state index in [1.54, 1.807) is 0 Å². The Morgan fingerprint density at radius 2 is 0.964 bits per heavy atom. The van der Waals surface area contributed by atoms with E-state index in [2.05, 4.69) is 0 Å². The normalized spacial score (nSPS) is 30.7. The molecule has 0 N–H and O–H groups in total. The van der Waals surface area contributed by atoms with Gasteiger partial charge in [-0.2, -0.15) is 0 Å². The van der Waals surface area contributed by atoms with Crippen LogP contribution in [-0.4, -0.2) is 37.6 Å². The standard InChI is InChI=1S/C18H16O8P2/c1-2-6-12-11(5-1)21-27(22-12)25-15-9-19-18-16(10-20-17(15)18)26-28-23-13-7-3-4-8-14(13)24-28/h1-8,15-18H,9-10H2. The van der Waals surface area contributed by atoms with Crippen LogP contribution in [0.3, 0.4) is 0 Å². The third-order valence-electron chi connectivity index (χ3n) is 4.80. The second-order valence-electron chi connectivity index (χ2n) is 6.59. The van der Waals surface area contributed by atoms with Crippen molar-refractivity contribution in [3.05, 3.63) is 48.5 Å². The minimum Gasteiger partial charge on any atom is -0.414 e. The van der Waals surface area contributed by atoms with Crippen LogP contribution in [0.25, 0.3) is 0 Å². The summed E-state index contributed by atoms with van der Waals surface area (Å²) >= 11 is 0. The van der Waals surface area contributed by atoms with Gasteiger partial charge in [0, 0.05) is 0 Å². The largest absolute Gasteiger partial charge is 0.463 e. The Kier molecular flexibility index (Phi) is 4.30. The molecule has 28 heavy (non-hydrogen) atoms. The molecule has 4 aliphatic heterocycles. The molecule has 4 atom stereocenters. The lowest BCUT2D eigenvalue weighted by Gasteiger charge is -2.18. The molecular weight excluding hydrogens is 406 g/mol. The van der Waals surface area contributed by atoms with Gasteiger partial charge in [-0.3, -0.25) is 9.05 Å². The van der Waals surface area contributed by atoms with Crippen molar-refractivity contribution < 1.29 is 36.6 Å². The van der Waals surface area contributed by atoms with Gasteiger partial charge in [0.25, 0.3) is 0 Å². The predicted octanol–water partition coefficient (Wildman–Crippen LogP) is 3.95. The van der Waals surface area contributed by atoms with Gasteiger partial charge in [-0.15, -0.1) is 0 Å². The summed E-state index contributed by atoms with van der Waals surface area (Å²) in [6.07, 6.45) is -1.06. The summed E-state index contributed by atoms with van der Waals surface area (Å²) in [7, 11) is -3.02. The first-order valence-corrected chi connectivity index (χ1v) is 11.1. The Bertz CT molecular complexity index is 761. The molecule has 0 bridgehead atoms. The molecule has 4 unspecified atom stereocenters. The second kappa shape index (κ2) is 6.99. The first-order chi connectivity index (χ1) is 13.8. The molecule has 2 aromatic carbocycles. The van der Waals surface area contributed by atoms with Crippen LogP contribution in [0.4, 0.5) is 0 Å². The zero-order chi connectivity index (χ0) is 18.5. The fourth-order valence-electron chi connectivity index (χ4n) is 3.48. The summed E-state index contributed by atoms with van der Waals surface area (Å²) in [5.74, 6) is 2.76.